The van der Waals surface area contributed by atoms with Crippen molar-refractivity contribution in [2.75, 3.05) is 10.8 Å². The number of benzene rings is 2. The maximum atomic E-state index is 12.7. The standard InChI is InChI=1S/C14H11BrINO4S/c15-10-4-6-13(7-5-10)22(20,21)17(9-14(18)19)12-3-1-2-11(16)8-12/h1-8H,9H2,(H,18,19). The molecule has 22 heavy (non-hydrogen) atoms. The fourth-order valence-electron chi connectivity index (χ4n) is 1.80. The number of sulfonamides is 1. The Labute approximate surface area is 150 Å². The van der Waals surface area contributed by atoms with Crippen LogP contribution in [-0.4, -0.2) is 26.0 Å². The Balaban J connectivity index is 2.53. The monoisotopic (exact) mass is 495 g/mol. The van der Waals surface area contributed by atoms with E-state index < -0.39 is 22.5 Å². The Kier molecular flexibility index (Phi) is 5.45. The van der Waals surface area contributed by atoms with E-state index in [0.29, 0.717) is 5.69 Å². The van der Waals surface area contributed by atoms with Gasteiger partial charge in [0.05, 0.1) is 10.6 Å². The van der Waals surface area contributed by atoms with Crippen molar-refractivity contribution in [3.63, 3.8) is 0 Å². The Hall–Kier alpha value is -1.13. The number of aliphatic carboxylic acids is 1. The molecule has 0 aliphatic rings. The molecule has 2 aromatic carbocycles. The SMILES string of the molecule is O=C(O)CN(c1cccc(I)c1)S(=O)(=O)c1ccc(Br)cc1. The summed E-state index contributed by atoms with van der Waals surface area (Å²) < 4.78 is 27.9. The third kappa shape index (κ3) is 3.99. The molecule has 0 saturated carbocycles. The summed E-state index contributed by atoms with van der Waals surface area (Å²) in [5.41, 5.74) is 0.317. The van der Waals surface area contributed by atoms with E-state index in [0.717, 1.165) is 12.3 Å². The first-order valence-electron chi connectivity index (χ1n) is 6.06. The second-order valence-corrected chi connectivity index (χ2v) is 8.36. The zero-order chi connectivity index (χ0) is 16.3. The smallest absolute Gasteiger partial charge is 0.324 e. The summed E-state index contributed by atoms with van der Waals surface area (Å²) in [7, 11) is -3.95. The minimum Gasteiger partial charge on any atom is -0.480 e. The summed E-state index contributed by atoms with van der Waals surface area (Å²) in [6.07, 6.45) is 0. The molecule has 0 bridgehead atoms. The lowest BCUT2D eigenvalue weighted by molar-refractivity contribution is -0.135. The van der Waals surface area contributed by atoms with Gasteiger partial charge in [0.15, 0.2) is 0 Å². The van der Waals surface area contributed by atoms with Crippen LogP contribution in [0, 0.1) is 3.57 Å². The molecule has 0 aliphatic carbocycles. The van der Waals surface area contributed by atoms with Gasteiger partial charge in [-0.3, -0.25) is 9.10 Å². The number of hydrogen-bond donors (Lipinski definition) is 1. The van der Waals surface area contributed by atoms with Gasteiger partial charge < -0.3 is 5.11 Å². The maximum Gasteiger partial charge on any atom is 0.324 e. The molecule has 0 spiro atoms. The number of hydrogen-bond acceptors (Lipinski definition) is 3. The molecule has 0 fully saturated rings. The summed E-state index contributed by atoms with van der Waals surface area (Å²) in [5.74, 6) is -1.22. The molecule has 0 aliphatic heterocycles. The molecule has 8 heteroatoms. The largest absolute Gasteiger partial charge is 0.480 e. The van der Waals surface area contributed by atoms with Crippen LogP contribution in [0.5, 0.6) is 0 Å². The van der Waals surface area contributed by atoms with Crippen molar-refractivity contribution in [2.45, 2.75) is 4.90 Å². The van der Waals surface area contributed by atoms with Crippen LogP contribution in [0.3, 0.4) is 0 Å². The van der Waals surface area contributed by atoms with Crippen molar-refractivity contribution in [1.29, 1.82) is 0 Å². The molecule has 0 aromatic heterocycles. The second-order valence-electron chi connectivity index (χ2n) is 4.34. The van der Waals surface area contributed by atoms with E-state index in [-0.39, 0.29) is 4.90 Å². The van der Waals surface area contributed by atoms with Gasteiger partial charge in [-0.05, 0) is 65.1 Å². The highest BCUT2D eigenvalue weighted by atomic mass is 127. The summed E-state index contributed by atoms with van der Waals surface area (Å²) in [6, 6.07) is 12.7. The van der Waals surface area contributed by atoms with E-state index in [2.05, 4.69) is 15.9 Å². The fourth-order valence-corrected chi connectivity index (χ4v) is 4.00. The minimum absolute atomic E-state index is 0.0378. The zero-order valence-corrected chi connectivity index (χ0v) is 15.7. The predicted octanol–water partition coefficient (Wildman–Crippen LogP) is 3.33. The van der Waals surface area contributed by atoms with Crippen molar-refractivity contribution in [2.24, 2.45) is 0 Å². The summed E-state index contributed by atoms with van der Waals surface area (Å²) in [6.45, 7) is -0.640. The highest BCUT2D eigenvalue weighted by Gasteiger charge is 2.27. The average molecular weight is 496 g/mol. The van der Waals surface area contributed by atoms with Gasteiger partial charge in [-0.2, -0.15) is 0 Å². The lowest BCUT2D eigenvalue weighted by Crippen LogP contribution is -2.35. The molecule has 0 radical (unpaired) electrons. The van der Waals surface area contributed by atoms with Crippen molar-refractivity contribution in [3.05, 3.63) is 56.6 Å². The lowest BCUT2D eigenvalue weighted by atomic mass is 10.3. The number of nitrogens with zero attached hydrogens (tertiary/aromatic N) is 1. The van der Waals surface area contributed by atoms with E-state index in [1.807, 2.05) is 22.6 Å². The van der Waals surface area contributed by atoms with E-state index >= 15 is 0 Å². The van der Waals surface area contributed by atoms with Gasteiger partial charge in [0.2, 0.25) is 0 Å². The highest BCUT2D eigenvalue weighted by Crippen LogP contribution is 2.25. The van der Waals surface area contributed by atoms with E-state index in [1.165, 1.54) is 12.1 Å². The first-order chi connectivity index (χ1) is 10.3. The van der Waals surface area contributed by atoms with Gasteiger partial charge in [-0.1, -0.05) is 22.0 Å². The van der Waals surface area contributed by atoms with Crippen molar-refractivity contribution >= 4 is 60.2 Å². The summed E-state index contributed by atoms with van der Waals surface area (Å²) >= 11 is 5.29. The molecule has 0 amide bonds. The quantitative estimate of drug-likeness (QED) is 0.645. The molecule has 0 saturated heterocycles. The van der Waals surface area contributed by atoms with Crippen LogP contribution in [0.1, 0.15) is 0 Å². The molecule has 0 atom stereocenters. The van der Waals surface area contributed by atoms with Crippen LogP contribution in [0.15, 0.2) is 57.9 Å². The highest BCUT2D eigenvalue weighted by molar-refractivity contribution is 14.1. The van der Waals surface area contributed by atoms with Gasteiger partial charge in [0.25, 0.3) is 10.0 Å². The van der Waals surface area contributed by atoms with Crippen LogP contribution in [0.2, 0.25) is 0 Å². The van der Waals surface area contributed by atoms with Crippen LogP contribution in [0.25, 0.3) is 0 Å². The van der Waals surface area contributed by atoms with Gasteiger partial charge >= 0.3 is 5.97 Å². The Morgan fingerprint density at radius 3 is 2.36 bits per heavy atom. The normalized spacial score (nSPS) is 11.2. The maximum absolute atomic E-state index is 12.7. The topological polar surface area (TPSA) is 74.7 Å². The van der Waals surface area contributed by atoms with Gasteiger partial charge in [0.1, 0.15) is 6.54 Å². The minimum atomic E-state index is -3.95. The molecular formula is C14H11BrINO4S. The first kappa shape index (κ1) is 17.2. The average Bonchev–Trinajstić information content (AvgIpc) is 2.45. The van der Waals surface area contributed by atoms with Crippen LogP contribution in [-0.2, 0) is 14.8 Å². The summed E-state index contributed by atoms with van der Waals surface area (Å²) in [4.78, 5) is 11.1. The number of anilines is 1. The Morgan fingerprint density at radius 1 is 1.18 bits per heavy atom. The van der Waals surface area contributed by atoms with Gasteiger partial charge in [-0.25, -0.2) is 8.42 Å². The van der Waals surface area contributed by atoms with E-state index in [9.17, 15) is 13.2 Å². The Bertz CT molecular complexity index is 793. The second kappa shape index (κ2) is 6.97. The van der Waals surface area contributed by atoms with Crippen LogP contribution in [0.4, 0.5) is 5.69 Å². The molecule has 116 valence electrons. The van der Waals surface area contributed by atoms with Crippen LogP contribution < -0.4 is 4.31 Å². The molecule has 0 heterocycles. The number of rotatable bonds is 5. The molecule has 2 rings (SSSR count). The number of carboxylic acids is 1. The van der Waals surface area contributed by atoms with Crippen molar-refractivity contribution < 1.29 is 18.3 Å². The fraction of sp³-hybridized carbons (Fsp3) is 0.0714. The number of carboxylic acid groups (broad SMARTS) is 1. The molecular weight excluding hydrogens is 485 g/mol. The Morgan fingerprint density at radius 2 is 1.82 bits per heavy atom. The van der Waals surface area contributed by atoms with E-state index in [1.54, 1.807) is 36.4 Å². The zero-order valence-electron chi connectivity index (χ0n) is 11.1. The number of carbonyl (C=O) groups is 1. The lowest BCUT2D eigenvalue weighted by Gasteiger charge is -2.23. The van der Waals surface area contributed by atoms with Gasteiger partial charge in [-0.15, -0.1) is 0 Å². The predicted molar refractivity (Wildman–Crippen MR) is 95.5 cm³/mol. The van der Waals surface area contributed by atoms with Crippen molar-refractivity contribution in [1.82, 2.24) is 0 Å². The van der Waals surface area contributed by atoms with Gasteiger partial charge in [0, 0.05) is 8.04 Å². The van der Waals surface area contributed by atoms with E-state index in [4.69, 9.17) is 5.11 Å². The molecule has 2 aromatic rings. The van der Waals surface area contributed by atoms with Crippen molar-refractivity contribution in [3.8, 4) is 0 Å². The van der Waals surface area contributed by atoms with Crippen LogP contribution >= 0.6 is 38.5 Å². The summed E-state index contributed by atoms with van der Waals surface area (Å²) in [5, 5.41) is 9.05. The molecule has 1 N–H and O–H groups in total. The number of halogens is 2. The third-order valence-electron chi connectivity index (χ3n) is 2.78. The molecule has 5 nitrogen and oxygen atoms in total. The third-order valence-corrected chi connectivity index (χ3v) is 5.76. The molecule has 0 unspecified atom stereocenters. The first-order valence-corrected chi connectivity index (χ1v) is 9.37.